The summed E-state index contributed by atoms with van der Waals surface area (Å²) < 4.78 is 42.5. The first-order valence-corrected chi connectivity index (χ1v) is 13.7. The molecule has 8 nitrogen and oxygen atoms in total. The van der Waals surface area contributed by atoms with E-state index >= 15 is 0 Å². The van der Waals surface area contributed by atoms with Gasteiger partial charge in [0.2, 0.25) is 5.91 Å². The molecule has 5 rings (SSSR count). The average Bonchev–Trinajstić information content (AvgIpc) is 3.60. The Balaban J connectivity index is 1.28. The van der Waals surface area contributed by atoms with Crippen molar-refractivity contribution in [3.05, 3.63) is 90.3 Å². The lowest BCUT2D eigenvalue weighted by Gasteiger charge is -2.22. The highest BCUT2D eigenvalue weighted by Gasteiger charge is 2.32. The second-order valence-electron chi connectivity index (χ2n) is 9.19. The summed E-state index contributed by atoms with van der Waals surface area (Å²) in [6.45, 7) is 4.26. The fourth-order valence-electron chi connectivity index (χ4n) is 4.18. The van der Waals surface area contributed by atoms with E-state index in [-0.39, 0.29) is 11.7 Å². The highest BCUT2D eigenvalue weighted by molar-refractivity contribution is 8.15. The normalized spacial score (nSPS) is 15.7. The highest BCUT2D eigenvalue weighted by atomic mass is 32.2. The molecule has 41 heavy (non-hydrogen) atoms. The van der Waals surface area contributed by atoms with E-state index in [4.69, 9.17) is 0 Å². The Morgan fingerprint density at radius 2 is 1.80 bits per heavy atom. The predicted molar refractivity (Wildman–Crippen MR) is 154 cm³/mol. The van der Waals surface area contributed by atoms with Crippen LogP contribution in [-0.4, -0.2) is 44.2 Å². The van der Waals surface area contributed by atoms with E-state index in [2.05, 4.69) is 38.9 Å². The summed E-state index contributed by atoms with van der Waals surface area (Å²) >= 11 is 1.36. The van der Waals surface area contributed by atoms with Crippen molar-refractivity contribution in [3.8, 4) is 22.8 Å². The molecule has 1 aliphatic heterocycles. The Labute approximate surface area is 238 Å². The SMILES string of the molecule is CCC(C)c1ccccc1N1C(=O)CS/C1=N\N=C\c1ccc(-c2ncn(-c3ccc(OC(F)(F)F)cc3)n2)cc1. The van der Waals surface area contributed by atoms with E-state index in [0.29, 0.717) is 28.4 Å². The van der Waals surface area contributed by atoms with Crippen LogP contribution in [-0.2, 0) is 4.79 Å². The van der Waals surface area contributed by atoms with Gasteiger partial charge in [-0.3, -0.25) is 9.69 Å². The Bertz CT molecular complexity index is 1580. The standard InChI is InChI=1S/C29H25F3N6O2S/c1-3-19(2)24-6-4-5-7-25(24)38-26(39)17-41-28(38)35-34-16-20-8-10-21(11-9-20)27-33-18-37(36-27)22-12-14-23(15-13-22)40-29(30,31)32/h4-16,18-19H,3,17H2,1-2H3/b34-16+,35-28-. The van der Waals surface area contributed by atoms with E-state index < -0.39 is 6.36 Å². The molecular weight excluding hydrogens is 553 g/mol. The number of thioether (sulfide) groups is 1. The number of carbonyl (C=O) groups is 1. The van der Waals surface area contributed by atoms with E-state index in [1.807, 2.05) is 48.5 Å². The van der Waals surface area contributed by atoms with Crippen LogP contribution in [0.25, 0.3) is 17.1 Å². The third-order valence-electron chi connectivity index (χ3n) is 6.43. The number of amidine groups is 1. The summed E-state index contributed by atoms with van der Waals surface area (Å²) in [6, 6.07) is 20.6. The van der Waals surface area contributed by atoms with Gasteiger partial charge in [-0.05, 0) is 53.8 Å². The molecule has 1 atom stereocenters. The van der Waals surface area contributed by atoms with Crippen LogP contribution in [0, 0.1) is 0 Å². The van der Waals surface area contributed by atoms with Crippen molar-refractivity contribution >= 4 is 34.7 Å². The summed E-state index contributed by atoms with van der Waals surface area (Å²) in [5, 5.41) is 13.5. The lowest BCUT2D eigenvalue weighted by Crippen LogP contribution is -2.30. The van der Waals surface area contributed by atoms with Crippen molar-refractivity contribution in [2.75, 3.05) is 10.7 Å². The first kappa shape index (κ1) is 28.1. The number of anilines is 1. The highest BCUT2D eigenvalue weighted by Crippen LogP contribution is 2.34. The first-order valence-electron chi connectivity index (χ1n) is 12.8. The Hall–Kier alpha value is -4.45. The van der Waals surface area contributed by atoms with Crippen molar-refractivity contribution in [1.82, 2.24) is 14.8 Å². The summed E-state index contributed by atoms with van der Waals surface area (Å²) in [5.74, 6) is 0.712. The van der Waals surface area contributed by atoms with Crippen LogP contribution in [0.5, 0.6) is 5.75 Å². The van der Waals surface area contributed by atoms with Crippen LogP contribution in [0.3, 0.4) is 0 Å². The molecule has 0 radical (unpaired) electrons. The van der Waals surface area contributed by atoms with Crippen LogP contribution in [0.2, 0.25) is 0 Å². The van der Waals surface area contributed by atoms with Crippen LogP contribution < -0.4 is 9.64 Å². The molecule has 0 N–H and O–H groups in total. The molecule has 210 valence electrons. The topological polar surface area (TPSA) is 85.0 Å². The van der Waals surface area contributed by atoms with E-state index in [9.17, 15) is 18.0 Å². The number of hydrogen-bond donors (Lipinski definition) is 0. The Kier molecular flexibility index (Phi) is 8.20. The quantitative estimate of drug-likeness (QED) is 0.169. The summed E-state index contributed by atoms with van der Waals surface area (Å²) in [5.41, 5.74) is 4.01. The number of nitrogens with zero attached hydrogens (tertiary/aromatic N) is 6. The molecular formula is C29H25F3N6O2S. The van der Waals surface area contributed by atoms with Gasteiger partial charge in [-0.25, -0.2) is 9.67 Å². The second-order valence-corrected chi connectivity index (χ2v) is 10.1. The van der Waals surface area contributed by atoms with Crippen LogP contribution in [0.1, 0.15) is 37.3 Å². The largest absolute Gasteiger partial charge is 0.573 e. The average molecular weight is 579 g/mol. The van der Waals surface area contributed by atoms with Gasteiger partial charge >= 0.3 is 6.36 Å². The van der Waals surface area contributed by atoms with Crippen LogP contribution >= 0.6 is 11.8 Å². The molecule has 1 amide bonds. The number of aromatic nitrogens is 3. The second kappa shape index (κ2) is 12.0. The number of halogens is 3. The number of para-hydroxylation sites is 1. The summed E-state index contributed by atoms with van der Waals surface area (Å²) in [6.07, 6.45) is -0.710. The number of rotatable bonds is 8. The number of ether oxygens (including phenoxy) is 1. The maximum atomic E-state index is 12.7. The fraction of sp³-hybridized carbons (Fsp3) is 0.207. The maximum Gasteiger partial charge on any atom is 0.573 e. The lowest BCUT2D eigenvalue weighted by atomic mass is 9.96. The third-order valence-corrected chi connectivity index (χ3v) is 7.35. The van der Waals surface area contributed by atoms with E-state index in [1.54, 1.807) is 11.1 Å². The molecule has 12 heteroatoms. The zero-order chi connectivity index (χ0) is 29.0. The van der Waals surface area contributed by atoms with Gasteiger partial charge in [0.25, 0.3) is 0 Å². The van der Waals surface area contributed by atoms with Gasteiger partial charge in [0.1, 0.15) is 12.1 Å². The molecule has 2 heterocycles. The van der Waals surface area contributed by atoms with E-state index in [1.165, 1.54) is 47.0 Å². The number of amides is 1. The molecule has 1 fully saturated rings. The Morgan fingerprint density at radius 1 is 1.07 bits per heavy atom. The molecule has 1 saturated heterocycles. The van der Waals surface area contributed by atoms with Crippen molar-refractivity contribution in [1.29, 1.82) is 0 Å². The zero-order valence-electron chi connectivity index (χ0n) is 22.1. The number of benzene rings is 3. The molecule has 1 unspecified atom stereocenters. The lowest BCUT2D eigenvalue weighted by molar-refractivity contribution is -0.274. The van der Waals surface area contributed by atoms with Crippen molar-refractivity contribution in [2.24, 2.45) is 10.2 Å². The maximum absolute atomic E-state index is 12.7. The monoisotopic (exact) mass is 578 g/mol. The van der Waals surface area contributed by atoms with Gasteiger partial charge in [0, 0.05) is 5.56 Å². The summed E-state index contributed by atoms with van der Waals surface area (Å²) in [4.78, 5) is 18.7. The minimum absolute atomic E-state index is 0.0263. The molecule has 0 aliphatic carbocycles. The fourth-order valence-corrected chi connectivity index (χ4v) is 5.00. The minimum Gasteiger partial charge on any atom is -0.406 e. The van der Waals surface area contributed by atoms with Gasteiger partial charge in [-0.15, -0.1) is 23.4 Å². The van der Waals surface area contributed by atoms with Gasteiger partial charge in [0.15, 0.2) is 11.0 Å². The van der Waals surface area contributed by atoms with Crippen molar-refractivity contribution in [3.63, 3.8) is 0 Å². The van der Waals surface area contributed by atoms with Crippen LogP contribution in [0.15, 0.2) is 89.3 Å². The smallest absolute Gasteiger partial charge is 0.406 e. The molecule has 1 aliphatic rings. The van der Waals surface area contributed by atoms with Gasteiger partial charge in [-0.1, -0.05) is 68.1 Å². The van der Waals surface area contributed by atoms with Gasteiger partial charge < -0.3 is 4.74 Å². The number of carbonyl (C=O) groups excluding carboxylic acids is 1. The zero-order valence-corrected chi connectivity index (χ0v) is 22.9. The molecule has 3 aromatic carbocycles. The minimum atomic E-state index is -4.75. The molecule has 0 saturated carbocycles. The van der Waals surface area contributed by atoms with Crippen LogP contribution in [0.4, 0.5) is 18.9 Å². The first-order chi connectivity index (χ1) is 19.7. The van der Waals surface area contributed by atoms with Gasteiger partial charge in [0.05, 0.1) is 23.3 Å². The summed E-state index contributed by atoms with van der Waals surface area (Å²) in [7, 11) is 0. The predicted octanol–water partition coefficient (Wildman–Crippen LogP) is 6.82. The van der Waals surface area contributed by atoms with Gasteiger partial charge in [-0.2, -0.15) is 5.10 Å². The van der Waals surface area contributed by atoms with Crippen molar-refractivity contribution < 1.29 is 22.7 Å². The number of hydrogen-bond acceptors (Lipinski definition) is 7. The molecule has 0 spiro atoms. The molecule has 0 bridgehead atoms. The van der Waals surface area contributed by atoms with E-state index in [0.717, 1.165) is 28.8 Å². The molecule has 1 aromatic heterocycles. The molecule has 4 aromatic rings. The Morgan fingerprint density at radius 3 is 2.51 bits per heavy atom. The van der Waals surface area contributed by atoms with Crippen molar-refractivity contribution in [2.45, 2.75) is 32.5 Å². The third kappa shape index (κ3) is 6.65. The number of alkyl halides is 3.